The number of fused-ring (bicyclic) bond motifs is 1. The van der Waals surface area contributed by atoms with Gasteiger partial charge in [0.25, 0.3) is 15.9 Å². The molecule has 3 aromatic rings. The highest BCUT2D eigenvalue weighted by molar-refractivity contribution is 7.92. The van der Waals surface area contributed by atoms with Crippen molar-refractivity contribution in [3.63, 3.8) is 0 Å². The number of carbonyl (C=O) groups is 1. The summed E-state index contributed by atoms with van der Waals surface area (Å²) in [6.45, 7) is 4.94. The zero-order chi connectivity index (χ0) is 29.7. The number of para-hydroxylation sites is 1. The van der Waals surface area contributed by atoms with Crippen molar-refractivity contribution in [2.75, 3.05) is 38.6 Å². The number of amides is 1. The van der Waals surface area contributed by atoms with E-state index in [0.29, 0.717) is 19.6 Å². The molecule has 4 rings (SSSR count). The first kappa shape index (κ1) is 30.3. The van der Waals surface area contributed by atoms with Gasteiger partial charge in [-0.05, 0) is 68.1 Å². The lowest BCUT2D eigenvalue weighted by molar-refractivity contribution is 0.0344. The average Bonchev–Trinajstić information content (AvgIpc) is 2.95. The lowest BCUT2D eigenvalue weighted by Gasteiger charge is -2.38. The van der Waals surface area contributed by atoms with Gasteiger partial charge in [0, 0.05) is 25.6 Å². The van der Waals surface area contributed by atoms with E-state index in [1.165, 1.54) is 18.2 Å². The van der Waals surface area contributed by atoms with E-state index in [2.05, 4.69) is 9.62 Å². The van der Waals surface area contributed by atoms with Crippen LogP contribution >= 0.6 is 0 Å². The van der Waals surface area contributed by atoms with Crippen molar-refractivity contribution in [3.05, 3.63) is 83.7 Å². The van der Waals surface area contributed by atoms with Crippen LogP contribution in [0.25, 0.3) is 0 Å². The molecule has 41 heavy (non-hydrogen) atoms. The largest absolute Gasteiger partial charge is 0.497 e. The highest BCUT2D eigenvalue weighted by Gasteiger charge is 2.35. The first-order chi connectivity index (χ1) is 19.5. The maximum atomic E-state index is 13.7. The summed E-state index contributed by atoms with van der Waals surface area (Å²) in [5.41, 5.74) is 1.35. The van der Waals surface area contributed by atoms with Gasteiger partial charge in [0.15, 0.2) is 5.75 Å². The number of aliphatic hydroxyl groups is 1. The quantitative estimate of drug-likeness (QED) is 0.371. The number of nitrogens with one attached hydrogen (secondary N) is 1. The predicted octanol–water partition coefficient (Wildman–Crippen LogP) is 3.99. The summed E-state index contributed by atoms with van der Waals surface area (Å²) >= 11 is 0. The summed E-state index contributed by atoms with van der Waals surface area (Å²) in [5.74, 6) is -0.227. The number of anilines is 1. The van der Waals surface area contributed by atoms with Gasteiger partial charge >= 0.3 is 0 Å². The van der Waals surface area contributed by atoms with E-state index in [1.807, 2.05) is 38.2 Å². The molecular weight excluding hydrogens is 549 g/mol. The van der Waals surface area contributed by atoms with Crippen molar-refractivity contribution in [2.45, 2.75) is 37.4 Å². The molecule has 0 aliphatic carbocycles. The Bertz CT molecular complexity index is 1450. The molecule has 1 aliphatic rings. The van der Waals surface area contributed by atoms with Crippen LogP contribution in [0.5, 0.6) is 11.5 Å². The van der Waals surface area contributed by atoms with Gasteiger partial charge in [-0.15, -0.1) is 0 Å². The van der Waals surface area contributed by atoms with Gasteiger partial charge in [-0.3, -0.25) is 14.4 Å². The Kier molecular flexibility index (Phi) is 9.52. The Balaban J connectivity index is 1.68. The average molecular weight is 586 g/mol. The van der Waals surface area contributed by atoms with Gasteiger partial charge in [0.2, 0.25) is 0 Å². The van der Waals surface area contributed by atoms with Crippen molar-refractivity contribution >= 4 is 21.6 Å². The summed E-state index contributed by atoms with van der Waals surface area (Å²) in [7, 11) is -0.542. The van der Waals surface area contributed by atoms with Crippen molar-refractivity contribution in [1.82, 2.24) is 9.80 Å². The van der Waals surface area contributed by atoms with Gasteiger partial charge in [-0.2, -0.15) is 0 Å². The molecule has 1 heterocycles. The second-order valence-corrected chi connectivity index (χ2v) is 12.1. The van der Waals surface area contributed by atoms with Crippen LogP contribution in [0.2, 0.25) is 0 Å². The molecule has 0 spiro atoms. The van der Waals surface area contributed by atoms with Crippen LogP contribution in [0.1, 0.15) is 29.8 Å². The molecule has 0 bridgehead atoms. The van der Waals surface area contributed by atoms with Crippen LogP contribution in [0.3, 0.4) is 0 Å². The Hall–Kier alpha value is -3.67. The van der Waals surface area contributed by atoms with Gasteiger partial charge in [-0.25, -0.2) is 12.8 Å². The Morgan fingerprint density at radius 3 is 2.46 bits per heavy atom. The zero-order valence-corrected chi connectivity index (χ0v) is 24.4. The Morgan fingerprint density at radius 1 is 1.15 bits per heavy atom. The fourth-order valence-electron chi connectivity index (χ4n) is 4.77. The normalized spacial score (nSPS) is 18.2. The fourth-order valence-corrected chi connectivity index (χ4v) is 5.84. The summed E-state index contributed by atoms with van der Waals surface area (Å²) in [6.07, 6.45) is -0.435. The molecule has 1 aliphatic heterocycles. The number of likely N-dealkylation sites (N-methyl/N-ethyl adjacent to an activating group) is 1. The number of carbonyl (C=O) groups excluding carboxylic acids is 1. The van der Waals surface area contributed by atoms with Crippen LogP contribution < -0.4 is 14.2 Å². The summed E-state index contributed by atoms with van der Waals surface area (Å²) in [4.78, 5) is 17.2. The third-order valence-electron chi connectivity index (χ3n) is 7.16. The smallest absolute Gasteiger partial charge is 0.262 e. The predicted molar refractivity (Wildman–Crippen MR) is 154 cm³/mol. The molecule has 9 nitrogen and oxygen atoms in total. The Labute approximate surface area is 240 Å². The van der Waals surface area contributed by atoms with E-state index in [9.17, 15) is 22.7 Å². The lowest BCUT2D eigenvalue weighted by Crippen LogP contribution is -2.49. The van der Waals surface area contributed by atoms with Crippen LogP contribution in [-0.4, -0.2) is 75.2 Å². The Morgan fingerprint density at radius 2 is 1.83 bits per heavy atom. The number of ether oxygens (including phenoxy) is 2. The molecule has 0 saturated heterocycles. The van der Waals surface area contributed by atoms with Gasteiger partial charge in [0.1, 0.15) is 17.7 Å². The molecule has 1 amide bonds. The minimum atomic E-state index is -4.12. The van der Waals surface area contributed by atoms with Crippen LogP contribution in [0, 0.1) is 11.7 Å². The summed E-state index contributed by atoms with van der Waals surface area (Å²) in [5, 5.41) is 9.91. The summed E-state index contributed by atoms with van der Waals surface area (Å²) in [6, 6.07) is 16.4. The number of nitrogens with zero attached hydrogens (tertiary/aromatic N) is 2. The third kappa shape index (κ3) is 7.16. The monoisotopic (exact) mass is 585 g/mol. The molecule has 11 heteroatoms. The molecule has 0 unspecified atom stereocenters. The van der Waals surface area contributed by atoms with Gasteiger partial charge in [0.05, 0.1) is 35.9 Å². The van der Waals surface area contributed by atoms with E-state index in [0.717, 1.165) is 23.4 Å². The fraction of sp³-hybridized carbons (Fsp3) is 0.367. The van der Waals surface area contributed by atoms with E-state index < -0.39 is 28.0 Å². The van der Waals surface area contributed by atoms with Crippen LogP contribution in [0.4, 0.5) is 10.1 Å². The van der Waals surface area contributed by atoms with E-state index >= 15 is 0 Å². The van der Waals surface area contributed by atoms with Crippen molar-refractivity contribution < 1.29 is 32.2 Å². The van der Waals surface area contributed by atoms with Crippen LogP contribution in [0.15, 0.2) is 71.6 Å². The first-order valence-corrected chi connectivity index (χ1v) is 14.8. The van der Waals surface area contributed by atoms with Crippen molar-refractivity contribution in [2.24, 2.45) is 5.92 Å². The standard InChI is InChI=1S/C30H36FN3O6S/c1-20-16-34(21(2)19-35)30(36)26-6-5-7-27(32-41(37,38)25-14-10-23(31)11-15-25)29(26)40-28(20)18-33(3)17-22-8-12-24(39-4)13-9-22/h5-15,20-21,28,32,35H,16-19H2,1-4H3/t20-,21-,28-/m1/s1. The van der Waals surface area contributed by atoms with Gasteiger partial charge < -0.3 is 19.5 Å². The number of halogens is 1. The molecule has 0 fully saturated rings. The molecule has 220 valence electrons. The minimum Gasteiger partial charge on any atom is -0.497 e. The lowest BCUT2D eigenvalue weighted by atomic mass is 9.99. The van der Waals surface area contributed by atoms with E-state index in [4.69, 9.17) is 9.47 Å². The van der Waals surface area contributed by atoms with Crippen molar-refractivity contribution in [1.29, 1.82) is 0 Å². The number of methoxy groups -OCH3 is 1. The van der Waals surface area contributed by atoms with E-state index in [-0.39, 0.29) is 40.3 Å². The minimum absolute atomic E-state index is 0.0914. The third-order valence-corrected chi connectivity index (χ3v) is 8.54. The molecule has 2 N–H and O–H groups in total. The highest BCUT2D eigenvalue weighted by Crippen LogP contribution is 2.36. The summed E-state index contributed by atoms with van der Waals surface area (Å²) < 4.78 is 54.1. The van der Waals surface area contributed by atoms with E-state index in [1.54, 1.807) is 31.1 Å². The molecular formula is C30H36FN3O6S. The number of aliphatic hydroxyl groups excluding tert-OH is 1. The number of benzene rings is 3. The number of hydrogen-bond donors (Lipinski definition) is 2. The first-order valence-electron chi connectivity index (χ1n) is 13.3. The zero-order valence-electron chi connectivity index (χ0n) is 23.6. The maximum Gasteiger partial charge on any atom is 0.262 e. The van der Waals surface area contributed by atoms with Crippen molar-refractivity contribution in [3.8, 4) is 11.5 Å². The number of hydrogen-bond acceptors (Lipinski definition) is 7. The topological polar surface area (TPSA) is 108 Å². The molecule has 0 saturated carbocycles. The number of rotatable bonds is 10. The van der Waals surface area contributed by atoms with Crippen LogP contribution in [-0.2, 0) is 16.6 Å². The SMILES string of the molecule is COc1ccc(CN(C)C[C@H]2Oc3c(NS(=O)(=O)c4ccc(F)cc4)cccc3C(=O)N([C@H](C)CO)C[C@H]2C)cc1. The maximum absolute atomic E-state index is 13.7. The second-order valence-electron chi connectivity index (χ2n) is 10.4. The molecule has 0 aromatic heterocycles. The molecule has 3 aromatic carbocycles. The highest BCUT2D eigenvalue weighted by atomic mass is 32.2. The molecule has 0 radical (unpaired) electrons. The second kappa shape index (κ2) is 12.9. The number of sulfonamides is 1. The molecule has 3 atom stereocenters. The van der Waals surface area contributed by atoms with Gasteiger partial charge in [-0.1, -0.05) is 25.1 Å².